The fourth-order valence-corrected chi connectivity index (χ4v) is 6.32. The number of hydrogen-bond acceptors (Lipinski definition) is 12. The van der Waals surface area contributed by atoms with Crippen molar-refractivity contribution in [2.24, 2.45) is 5.92 Å². The van der Waals surface area contributed by atoms with E-state index in [0.717, 1.165) is 0 Å². The number of nitrogens with one attached hydrogen (secondary N) is 4. The molecule has 1 rings (SSSR count). The van der Waals surface area contributed by atoms with Crippen molar-refractivity contribution in [3.63, 3.8) is 0 Å². The van der Waals surface area contributed by atoms with Gasteiger partial charge in [-0.1, -0.05) is 17.8 Å². The molecule has 4 amide bonds. The van der Waals surface area contributed by atoms with Gasteiger partial charge in [0.15, 0.2) is 6.49 Å². The van der Waals surface area contributed by atoms with E-state index < -0.39 is 17.9 Å². The Morgan fingerprint density at radius 3 is 1.33 bits per heavy atom. The van der Waals surface area contributed by atoms with E-state index in [-0.39, 0.29) is 128 Å². The summed E-state index contributed by atoms with van der Waals surface area (Å²) in [6, 6.07) is 0. The summed E-state index contributed by atoms with van der Waals surface area (Å²) in [4.78, 5) is 62.5. The normalized spacial score (nSPS) is 16.0. The van der Waals surface area contributed by atoms with Gasteiger partial charge in [-0.2, -0.15) is 0 Å². The summed E-state index contributed by atoms with van der Waals surface area (Å²) in [5.74, 6) is 5.49. The number of rotatable bonds is 34. The van der Waals surface area contributed by atoms with Gasteiger partial charge in [-0.3, -0.25) is 19.2 Å². The summed E-state index contributed by atoms with van der Waals surface area (Å²) < 4.78 is 37.4. The minimum atomic E-state index is -2.91. The third kappa shape index (κ3) is 27.2. The molecule has 0 aliphatic heterocycles. The molecule has 55 heavy (non-hydrogen) atoms. The van der Waals surface area contributed by atoms with Gasteiger partial charge in [-0.25, -0.2) is 0 Å². The minimum absolute atomic E-state index is 0.000324. The number of ether oxygens (including phenoxy) is 6. The Hall–Kier alpha value is -3.11. The van der Waals surface area contributed by atoms with Gasteiger partial charge in [-0.15, -0.1) is 19.3 Å². The van der Waals surface area contributed by atoms with Crippen LogP contribution in [-0.4, -0.2) is 146 Å². The van der Waals surface area contributed by atoms with Crippen molar-refractivity contribution in [1.82, 2.24) is 21.3 Å². The molecule has 1 saturated carbocycles. The maximum Gasteiger partial charge on any atom is 0.223 e. The quantitative estimate of drug-likeness (QED) is 0.0337. The van der Waals surface area contributed by atoms with Crippen LogP contribution in [0.15, 0.2) is 0 Å². The number of amides is 4. The van der Waals surface area contributed by atoms with E-state index in [1.165, 1.54) is 6.66 Å². The molecule has 16 nitrogen and oxygen atoms in total. The fourth-order valence-electron chi connectivity index (χ4n) is 5.23. The Bertz CT molecular complexity index is 1190. The van der Waals surface area contributed by atoms with Gasteiger partial charge in [0, 0.05) is 57.0 Å². The van der Waals surface area contributed by atoms with Crippen LogP contribution >= 0.6 is 6.49 Å². The first kappa shape index (κ1) is 49.9. The lowest BCUT2D eigenvalue weighted by atomic mass is 9.78. The van der Waals surface area contributed by atoms with Crippen molar-refractivity contribution in [2.45, 2.75) is 63.0 Å². The third-order valence-electron chi connectivity index (χ3n) is 8.07. The van der Waals surface area contributed by atoms with Gasteiger partial charge >= 0.3 is 0 Å². The highest BCUT2D eigenvalue weighted by atomic mass is 32.5. The molecule has 18 heteroatoms. The summed E-state index contributed by atoms with van der Waals surface area (Å²) in [5, 5.41) is 11.5. The molecule has 1 aliphatic rings. The molecule has 0 spiro atoms. The molecule has 0 aromatic heterocycles. The second-order valence-electron chi connectivity index (χ2n) is 12.6. The Kier molecular flexibility index (Phi) is 28.2. The van der Waals surface area contributed by atoms with Gasteiger partial charge in [0.25, 0.3) is 0 Å². The van der Waals surface area contributed by atoms with Crippen LogP contribution in [0.2, 0.25) is 0 Å². The largest absolute Gasteiger partial charge is 0.377 e. The van der Waals surface area contributed by atoms with Crippen molar-refractivity contribution >= 4 is 41.9 Å². The molecule has 1 unspecified atom stereocenters. The topological polar surface area (TPSA) is 201 Å². The third-order valence-corrected chi connectivity index (χ3v) is 9.02. The second-order valence-corrected chi connectivity index (χ2v) is 16.5. The van der Waals surface area contributed by atoms with Crippen LogP contribution in [0.5, 0.6) is 0 Å². The van der Waals surface area contributed by atoms with Crippen molar-refractivity contribution in [3.8, 4) is 37.0 Å². The first-order valence-corrected chi connectivity index (χ1v) is 21.4. The molecule has 1 aliphatic carbocycles. The summed E-state index contributed by atoms with van der Waals surface area (Å²) in [6.45, 7) is 2.51. The SMILES string of the molecule is C#CCOCCOCCNC(=O)CCC(CCC(=O)NCCOCCOCC#C)(CCC(=O)NCCOCCOCC#C)NC(=O)C1CC(OP(C)(O)=S)C1. The lowest BCUT2D eigenvalue weighted by molar-refractivity contribution is -0.134. The average Bonchev–Trinajstić information content (AvgIpc) is 3.13. The van der Waals surface area contributed by atoms with Crippen LogP contribution < -0.4 is 21.3 Å². The number of hydrogen-bond donors (Lipinski definition) is 5. The Morgan fingerprint density at radius 2 is 1.00 bits per heavy atom. The molecule has 0 heterocycles. The van der Waals surface area contributed by atoms with E-state index in [0.29, 0.717) is 52.5 Å². The van der Waals surface area contributed by atoms with Gasteiger partial charge < -0.3 is 59.1 Å². The maximum absolute atomic E-state index is 13.6. The Morgan fingerprint density at radius 1 is 0.655 bits per heavy atom. The zero-order valence-electron chi connectivity index (χ0n) is 31.9. The van der Waals surface area contributed by atoms with Crippen LogP contribution in [0.3, 0.4) is 0 Å². The van der Waals surface area contributed by atoms with Gasteiger partial charge in [0.1, 0.15) is 19.8 Å². The molecule has 0 saturated heterocycles. The highest BCUT2D eigenvalue weighted by molar-refractivity contribution is 8.09. The molecule has 310 valence electrons. The molecule has 1 fully saturated rings. The predicted molar refractivity (Wildman–Crippen MR) is 209 cm³/mol. The van der Waals surface area contributed by atoms with E-state index in [4.69, 9.17) is 64.0 Å². The van der Waals surface area contributed by atoms with Gasteiger partial charge in [-0.05, 0) is 43.9 Å². The first-order valence-electron chi connectivity index (χ1n) is 18.3. The summed E-state index contributed by atoms with van der Waals surface area (Å²) in [5.41, 5.74) is -1.11. The highest BCUT2D eigenvalue weighted by Gasteiger charge is 2.41. The molecule has 0 aromatic rings. The predicted octanol–water partition coefficient (Wildman–Crippen LogP) is 0.257. The number of carbonyl (C=O) groups is 4. The van der Waals surface area contributed by atoms with E-state index in [2.05, 4.69) is 39.0 Å². The zero-order valence-corrected chi connectivity index (χ0v) is 33.7. The molecular formula is C37H59N4O12PS. The fraction of sp³-hybridized carbons (Fsp3) is 0.730. The monoisotopic (exact) mass is 814 g/mol. The molecule has 0 aromatic carbocycles. The van der Waals surface area contributed by atoms with Gasteiger partial charge in [0.05, 0.1) is 65.6 Å². The summed E-state index contributed by atoms with van der Waals surface area (Å²) in [6.07, 6.45) is 16.2. The highest BCUT2D eigenvalue weighted by Crippen LogP contribution is 2.45. The van der Waals surface area contributed by atoms with Gasteiger partial charge in [0.2, 0.25) is 23.6 Å². The van der Waals surface area contributed by atoms with Crippen LogP contribution in [0.25, 0.3) is 0 Å². The second kappa shape index (κ2) is 31.0. The average molecular weight is 815 g/mol. The maximum atomic E-state index is 13.6. The standard InChI is InChI=1S/C37H59N4O12PS/c1-5-17-47-23-26-50-20-14-38-33(42)8-11-37(41-36(45)31-29-32(30-31)53-54(4,46)55,12-9-34(43)39-15-21-51-27-24-48-18-6-2)13-10-35(44)40-16-22-52-28-25-49-19-7-3/h1-3,31-32H,8-30H2,4H3,(H,38,42)(H,39,43)(H,40,44)(H,41,45)(H,46,55). The van der Waals surface area contributed by atoms with Crippen molar-refractivity contribution in [2.75, 3.05) is 106 Å². The van der Waals surface area contributed by atoms with Crippen LogP contribution in [0.1, 0.15) is 51.4 Å². The first-order chi connectivity index (χ1) is 26.4. The minimum Gasteiger partial charge on any atom is -0.377 e. The van der Waals surface area contributed by atoms with E-state index in [9.17, 15) is 24.1 Å². The van der Waals surface area contributed by atoms with Crippen molar-refractivity contribution in [3.05, 3.63) is 0 Å². The van der Waals surface area contributed by atoms with Crippen molar-refractivity contribution < 1.29 is 57.0 Å². The van der Waals surface area contributed by atoms with E-state index in [1.54, 1.807) is 0 Å². The Balaban J connectivity index is 2.94. The lowest BCUT2D eigenvalue weighted by Gasteiger charge is -2.40. The molecule has 0 bridgehead atoms. The molecular weight excluding hydrogens is 755 g/mol. The van der Waals surface area contributed by atoms with Crippen LogP contribution in [0, 0.1) is 42.9 Å². The number of carbonyl (C=O) groups excluding carboxylic acids is 4. The zero-order chi connectivity index (χ0) is 40.6. The van der Waals surface area contributed by atoms with E-state index >= 15 is 0 Å². The Labute approximate surface area is 331 Å². The molecule has 0 radical (unpaired) electrons. The smallest absolute Gasteiger partial charge is 0.223 e. The van der Waals surface area contributed by atoms with Crippen LogP contribution in [-0.2, 0) is 63.9 Å². The lowest BCUT2D eigenvalue weighted by Crippen LogP contribution is -2.54. The molecule has 5 N–H and O–H groups in total. The summed E-state index contributed by atoms with van der Waals surface area (Å²) in [7, 11) is 0. The molecule has 1 atom stereocenters. The summed E-state index contributed by atoms with van der Waals surface area (Å²) >= 11 is 5.00. The number of terminal acetylenes is 3. The van der Waals surface area contributed by atoms with E-state index in [1.807, 2.05) is 0 Å². The van der Waals surface area contributed by atoms with Crippen molar-refractivity contribution in [1.29, 1.82) is 0 Å². The van der Waals surface area contributed by atoms with Crippen LogP contribution in [0.4, 0.5) is 0 Å².